The lowest BCUT2D eigenvalue weighted by Gasteiger charge is -2.38. The lowest BCUT2D eigenvalue weighted by Crippen LogP contribution is -2.53. The number of aliphatic hydroxyl groups is 1. The fourth-order valence-electron chi connectivity index (χ4n) is 4.93. The molecule has 2 aromatic heterocycles. The molecule has 0 aromatic carbocycles. The average molecular weight is 469 g/mol. The molecule has 5 rings (SSSR count). The highest BCUT2D eigenvalue weighted by Crippen LogP contribution is 2.28. The van der Waals surface area contributed by atoms with Crippen molar-refractivity contribution < 1.29 is 19.4 Å². The zero-order valence-corrected chi connectivity index (χ0v) is 19.3. The summed E-state index contributed by atoms with van der Waals surface area (Å²) < 4.78 is 6.55. The second kappa shape index (κ2) is 9.20. The van der Waals surface area contributed by atoms with Gasteiger partial charge in [-0.2, -0.15) is 4.68 Å². The van der Waals surface area contributed by atoms with Crippen molar-refractivity contribution in [2.24, 2.45) is 0 Å². The van der Waals surface area contributed by atoms with Gasteiger partial charge in [0.05, 0.1) is 23.4 Å². The molecule has 2 atom stereocenters. The molecule has 1 amide bonds. The number of pyridine rings is 1. The molecule has 0 radical (unpaired) electrons. The predicted molar refractivity (Wildman–Crippen MR) is 118 cm³/mol. The van der Waals surface area contributed by atoms with Crippen LogP contribution in [0.15, 0.2) is 29.7 Å². The quantitative estimate of drug-likeness (QED) is 0.551. The molecule has 2 unspecified atom stereocenters. The Kier molecular flexibility index (Phi) is 6.11. The van der Waals surface area contributed by atoms with Crippen molar-refractivity contribution in [1.82, 2.24) is 39.9 Å². The molecule has 0 bridgehead atoms. The highest BCUT2D eigenvalue weighted by atomic mass is 16.5. The second-order valence-corrected chi connectivity index (χ2v) is 8.89. The molecule has 3 aliphatic heterocycles. The minimum atomic E-state index is -0.666. The van der Waals surface area contributed by atoms with E-state index < -0.39 is 6.10 Å². The Morgan fingerprint density at radius 1 is 1.15 bits per heavy atom. The molecule has 12 nitrogen and oxygen atoms in total. The van der Waals surface area contributed by atoms with Crippen LogP contribution in [0.3, 0.4) is 0 Å². The van der Waals surface area contributed by atoms with Crippen LogP contribution in [0, 0.1) is 6.92 Å². The number of esters is 1. The van der Waals surface area contributed by atoms with Gasteiger partial charge in [-0.25, -0.2) is 9.78 Å². The van der Waals surface area contributed by atoms with Gasteiger partial charge in [0, 0.05) is 50.5 Å². The van der Waals surface area contributed by atoms with E-state index >= 15 is 0 Å². The average Bonchev–Trinajstić information content (AvgIpc) is 3.56. The standard InChI is InChI=1S/C22H28N8O4/c1-14-18(12-34-22(14)33)29-6-5-17(21(29)32)28-9-7-27(8-10-28)11-19(31)16-3-4-20(24-15(16)2)30-13-23-25-26-30/h3-4,13,17,19,31H,5-12H2,1-2H3. The number of tetrazole rings is 1. The lowest BCUT2D eigenvalue weighted by atomic mass is 10.1. The third-order valence-corrected chi connectivity index (χ3v) is 6.92. The highest BCUT2D eigenvalue weighted by molar-refractivity contribution is 5.94. The number of aromatic nitrogens is 5. The maximum Gasteiger partial charge on any atom is 0.336 e. The molecule has 2 fully saturated rings. The maximum atomic E-state index is 13.0. The van der Waals surface area contributed by atoms with Gasteiger partial charge in [-0.1, -0.05) is 6.07 Å². The molecule has 0 spiro atoms. The van der Waals surface area contributed by atoms with Crippen LogP contribution in [0.2, 0.25) is 0 Å². The first-order chi connectivity index (χ1) is 16.4. The summed E-state index contributed by atoms with van der Waals surface area (Å²) in [4.78, 5) is 35.4. The number of carbonyl (C=O) groups is 2. The number of cyclic esters (lactones) is 1. The van der Waals surface area contributed by atoms with Crippen molar-refractivity contribution >= 4 is 11.9 Å². The number of hydrogen-bond acceptors (Lipinski definition) is 10. The molecule has 0 aliphatic carbocycles. The molecule has 180 valence electrons. The monoisotopic (exact) mass is 468 g/mol. The molecule has 1 N–H and O–H groups in total. The van der Waals surface area contributed by atoms with Crippen LogP contribution in [0.25, 0.3) is 5.82 Å². The van der Waals surface area contributed by atoms with E-state index in [9.17, 15) is 14.7 Å². The molecule has 2 saturated heterocycles. The van der Waals surface area contributed by atoms with Crippen LogP contribution in [0.1, 0.15) is 30.7 Å². The third-order valence-electron chi connectivity index (χ3n) is 6.92. The predicted octanol–water partition coefficient (Wildman–Crippen LogP) is -0.552. The summed E-state index contributed by atoms with van der Waals surface area (Å²) in [5.41, 5.74) is 2.74. The molecule has 5 heterocycles. The van der Waals surface area contributed by atoms with Gasteiger partial charge < -0.3 is 14.7 Å². The van der Waals surface area contributed by atoms with Gasteiger partial charge >= 0.3 is 5.97 Å². The van der Waals surface area contributed by atoms with Gasteiger partial charge in [0.15, 0.2) is 5.82 Å². The lowest BCUT2D eigenvalue weighted by molar-refractivity contribution is -0.136. The van der Waals surface area contributed by atoms with E-state index in [1.54, 1.807) is 17.9 Å². The van der Waals surface area contributed by atoms with Crippen LogP contribution in [-0.2, 0) is 14.3 Å². The molecule has 0 saturated carbocycles. The van der Waals surface area contributed by atoms with Crippen molar-refractivity contribution in [3.8, 4) is 5.82 Å². The Balaban J connectivity index is 1.15. The van der Waals surface area contributed by atoms with E-state index in [-0.39, 0.29) is 24.5 Å². The molecular formula is C22H28N8O4. The van der Waals surface area contributed by atoms with Crippen molar-refractivity contribution in [3.05, 3.63) is 41.0 Å². The van der Waals surface area contributed by atoms with Gasteiger partial charge in [-0.3, -0.25) is 14.6 Å². The summed E-state index contributed by atoms with van der Waals surface area (Å²) in [6.07, 6.45) is 1.55. The molecular weight excluding hydrogens is 440 g/mol. The Morgan fingerprint density at radius 2 is 1.94 bits per heavy atom. The van der Waals surface area contributed by atoms with Gasteiger partial charge in [-0.05, 0) is 36.8 Å². The summed E-state index contributed by atoms with van der Waals surface area (Å²) in [6, 6.07) is 3.48. The zero-order chi connectivity index (χ0) is 23.8. The van der Waals surface area contributed by atoms with Crippen LogP contribution >= 0.6 is 0 Å². The summed E-state index contributed by atoms with van der Waals surface area (Å²) in [7, 11) is 0. The number of amides is 1. The van der Waals surface area contributed by atoms with Crippen molar-refractivity contribution in [2.45, 2.75) is 32.4 Å². The first-order valence-electron chi connectivity index (χ1n) is 11.5. The summed E-state index contributed by atoms with van der Waals surface area (Å²) in [5.74, 6) is 0.307. The van der Waals surface area contributed by atoms with Gasteiger partial charge in [0.2, 0.25) is 5.91 Å². The van der Waals surface area contributed by atoms with Crippen molar-refractivity contribution in [3.63, 3.8) is 0 Å². The first kappa shape index (κ1) is 22.6. The minimum Gasteiger partial charge on any atom is -0.456 e. The Morgan fingerprint density at radius 3 is 2.59 bits per heavy atom. The van der Waals surface area contributed by atoms with Crippen LogP contribution in [0.4, 0.5) is 0 Å². The Hall–Kier alpha value is -3.22. The SMILES string of the molecule is CC1=C(N2CCC(N3CCN(CC(O)c4ccc(-n5cnnn5)nc4C)CC3)C2=O)COC1=O. The topological polar surface area (TPSA) is 130 Å². The van der Waals surface area contributed by atoms with E-state index in [2.05, 4.69) is 30.3 Å². The number of ether oxygens (including phenoxy) is 1. The number of aryl methyl sites for hydroxylation is 1. The van der Waals surface area contributed by atoms with Crippen LogP contribution in [0.5, 0.6) is 0 Å². The largest absolute Gasteiger partial charge is 0.456 e. The first-order valence-corrected chi connectivity index (χ1v) is 11.5. The number of β-amino-alcohol motifs (C(OH)–C–C–N with tert-alkyl or cyclic N) is 1. The number of hydrogen-bond donors (Lipinski definition) is 1. The third kappa shape index (κ3) is 4.19. The number of carbonyl (C=O) groups excluding carboxylic acids is 2. The Labute approximate surface area is 196 Å². The normalized spacial score (nSPS) is 23.1. The fraction of sp³-hybridized carbons (Fsp3) is 0.545. The number of piperazine rings is 1. The molecule has 3 aliphatic rings. The van der Waals surface area contributed by atoms with E-state index in [1.165, 1.54) is 11.0 Å². The summed E-state index contributed by atoms with van der Waals surface area (Å²) in [5, 5.41) is 21.9. The van der Waals surface area contributed by atoms with Gasteiger partial charge in [-0.15, -0.1) is 5.10 Å². The number of likely N-dealkylation sites (tertiary alicyclic amines) is 1. The molecule has 12 heteroatoms. The van der Waals surface area contributed by atoms with E-state index in [0.29, 0.717) is 30.2 Å². The smallest absolute Gasteiger partial charge is 0.336 e. The number of nitrogens with zero attached hydrogens (tertiary/aromatic N) is 8. The van der Waals surface area contributed by atoms with E-state index in [0.717, 1.165) is 43.9 Å². The maximum absolute atomic E-state index is 13.0. The summed E-state index contributed by atoms with van der Waals surface area (Å²) in [6.45, 7) is 7.89. The van der Waals surface area contributed by atoms with Crippen molar-refractivity contribution in [2.75, 3.05) is 45.9 Å². The Bertz CT molecular complexity index is 1110. The van der Waals surface area contributed by atoms with Gasteiger partial charge in [0.25, 0.3) is 0 Å². The highest BCUT2D eigenvalue weighted by Gasteiger charge is 2.41. The van der Waals surface area contributed by atoms with Gasteiger partial charge in [0.1, 0.15) is 12.9 Å². The van der Waals surface area contributed by atoms with Crippen LogP contribution in [-0.4, -0.2) is 109 Å². The second-order valence-electron chi connectivity index (χ2n) is 8.89. The summed E-state index contributed by atoms with van der Waals surface area (Å²) >= 11 is 0. The zero-order valence-electron chi connectivity index (χ0n) is 19.3. The van der Waals surface area contributed by atoms with Crippen molar-refractivity contribution in [1.29, 1.82) is 0 Å². The molecule has 2 aromatic rings. The minimum absolute atomic E-state index is 0.0468. The fourth-order valence-corrected chi connectivity index (χ4v) is 4.93. The number of rotatable bonds is 6. The molecule has 34 heavy (non-hydrogen) atoms. The van der Waals surface area contributed by atoms with E-state index in [1.807, 2.05) is 13.0 Å². The van der Waals surface area contributed by atoms with E-state index in [4.69, 9.17) is 4.74 Å². The number of aliphatic hydroxyl groups excluding tert-OH is 1. The van der Waals surface area contributed by atoms with Crippen LogP contribution < -0.4 is 0 Å².